The maximum atomic E-state index is 11.2. The van der Waals surface area contributed by atoms with Gasteiger partial charge in [-0.15, -0.1) is 11.3 Å². The van der Waals surface area contributed by atoms with E-state index in [-0.39, 0.29) is 0 Å². The standard InChI is InChI=1S/C18H19N3O2S2/c1-3-13-4-8-15(9-5-13)19-18-20-17(12-24-18)14-6-10-16(11-7-14)21-25(2,22)23/h4-12,21H,3H2,1-2H3,(H,19,20). The van der Waals surface area contributed by atoms with Crippen LogP contribution in [0.4, 0.5) is 16.5 Å². The number of anilines is 3. The smallest absolute Gasteiger partial charge is 0.229 e. The Kier molecular flexibility index (Phi) is 5.06. The van der Waals surface area contributed by atoms with Gasteiger partial charge in [0, 0.05) is 22.3 Å². The summed E-state index contributed by atoms with van der Waals surface area (Å²) < 4.78 is 24.9. The first-order valence-electron chi connectivity index (χ1n) is 7.82. The second-order valence-corrected chi connectivity index (χ2v) is 8.27. The van der Waals surface area contributed by atoms with Crippen LogP contribution in [0.25, 0.3) is 11.3 Å². The number of nitrogens with one attached hydrogen (secondary N) is 2. The highest BCUT2D eigenvalue weighted by molar-refractivity contribution is 7.92. The summed E-state index contributed by atoms with van der Waals surface area (Å²) in [4.78, 5) is 4.59. The Hall–Kier alpha value is -2.38. The molecule has 25 heavy (non-hydrogen) atoms. The Balaban J connectivity index is 1.72. The molecule has 3 aromatic rings. The zero-order valence-corrected chi connectivity index (χ0v) is 15.6. The first-order chi connectivity index (χ1) is 11.9. The van der Waals surface area contributed by atoms with Gasteiger partial charge in [0.05, 0.1) is 11.9 Å². The molecule has 0 aliphatic carbocycles. The van der Waals surface area contributed by atoms with Gasteiger partial charge < -0.3 is 5.32 Å². The van der Waals surface area contributed by atoms with Crippen molar-refractivity contribution >= 4 is 37.9 Å². The van der Waals surface area contributed by atoms with Crippen LogP contribution in [0.2, 0.25) is 0 Å². The van der Waals surface area contributed by atoms with E-state index in [1.165, 1.54) is 16.9 Å². The van der Waals surface area contributed by atoms with E-state index >= 15 is 0 Å². The fraction of sp³-hybridized carbons (Fsp3) is 0.167. The summed E-state index contributed by atoms with van der Waals surface area (Å²) in [5, 5.41) is 6.09. The van der Waals surface area contributed by atoms with Crippen molar-refractivity contribution in [2.24, 2.45) is 0 Å². The quantitative estimate of drug-likeness (QED) is 0.668. The first kappa shape index (κ1) is 17.4. The molecule has 0 atom stereocenters. The molecule has 0 aliphatic heterocycles. The molecule has 0 unspecified atom stereocenters. The van der Waals surface area contributed by atoms with Crippen molar-refractivity contribution in [3.05, 3.63) is 59.5 Å². The van der Waals surface area contributed by atoms with Crippen molar-refractivity contribution in [2.45, 2.75) is 13.3 Å². The monoisotopic (exact) mass is 373 g/mol. The van der Waals surface area contributed by atoms with Crippen LogP contribution in [0.3, 0.4) is 0 Å². The zero-order chi connectivity index (χ0) is 17.9. The third kappa shape index (κ3) is 4.80. The average Bonchev–Trinajstić information content (AvgIpc) is 3.03. The molecule has 0 spiro atoms. The number of benzene rings is 2. The molecular weight excluding hydrogens is 354 g/mol. The van der Waals surface area contributed by atoms with E-state index in [1.807, 2.05) is 29.6 Å². The third-order valence-electron chi connectivity index (χ3n) is 3.60. The van der Waals surface area contributed by atoms with Crippen molar-refractivity contribution < 1.29 is 8.42 Å². The number of rotatable bonds is 6. The minimum absolute atomic E-state index is 0.538. The number of hydrogen-bond acceptors (Lipinski definition) is 5. The summed E-state index contributed by atoms with van der Waals surface area (Å²) in [6, 6.07) is 15.5. The summed E-state index contributed by atoms with van der Waals surface area (Å²) in [7, 11) is -3.26. The van der Waals surface area contributed by atoms with E-state index in [1.54, 1.807) is 12.1 Å². The highest BCUT2D eigenvalue weighted by Gasteiger charge is 2.06. The van der Waals surface area contributed by atoms with Gasteiger partial charge in [0.25, 0.3) is 0 Å². The molecule has 5 nitrogen and oxygen atoms in total. The van der Waals surface area contributed by atoms with E-state index in [9.17, 15) is 8.42 Å². The van der Waals surface area contributed by atoms with E-state index in [0.29, 0.717) is 5.69 Å². The van der Waals surface area contributed by atoms with Crippen LogP contribution < -0.4 is 10.0 Å². The van der Waals surface area contributed by atoms with Crippen molar-refractivity contribution in [2.75, 3.05) is 16.3 Å². The molecule has 7 heteroatoms. The predicted molar refractivity (Wildman–Crippen MR) is 105 cm³/mol. The van der Waals surface area contributed by atoms with Crippen LogP contribution in [-0.2, 0) is 16.4 Å². The minimum atomic E-state index is -3.26. The number of thiazole rings is 1. The molecule has 0 amide bonds. The van der Waals surface area contributed by atoms with Gasteiger partial charge in [-0.05, 0) is 36.2 Å². The first-order valence-corrected chi connectivity index (χ1v) is 10.6. The SMILES string of the molecule is CCc1ccc(Nc2nc(-c3ccc(NS(C)(=O)=O)cc3)cs2)cc1. The highest BCUT2D eigenvalue weighted by atomic mass is 32.2. The maximum absolute atomic E-state index is 11.2. The lowest BCUT2D eigenvalue weighted by atomic mass is 10.1. The molecule has 3 rings (SSSR count). The lowest BCUT2D eigenvalue weighted by Gasteiger charge is -2.05. The molecule has 0 aliphatic rings. The van der Waals surface area contributed by atoms with Gasteiger partial charge in [0.2, 0.25) is 10.0 Å². The largest absolute Gasteiger partial charge is 0.332 e. The zero-order valence-electron chi connectivity index (χ0n) is 14.0. The molecular formula is C18H19N3O2S2. The summed E-state index contributed by atoms with van der Waals surface area (Å²) in [5.41, 5.74) is 4.63. The predicted octanol–water partition coefficient (Wildman–Crippen LogP) is 4.49. The lowest BCUT2D eigenvalue weighted by molar-refractivity contribution is 0.607. The van der Waals surface area contributed by atoms with Crippen molar-refractivity contribution in [1.29, 1.82) is 0 Å². The van der Waals surface area contributed by atoms with Crippen LogP contribution in [-0.4, -0.2) is 19.7 Å². The molecule has 1 heterocycles. The normalized spacial score (nSPS) is 11.3. The van der Waals surface area contributed by atoms with Gasteiger partial charge in [-0.3, -0.25) is 4.72 Å². The van der Waals surface area contributed by atoms with E-state index in [2.05, 4.69) is 34.1 Å². The summed E-state index contributed by atoms with van der Waals surface area (Å²) in [6.07, 6.45) is 2.15. The van der Waals surface area contributed by atoms with Crippen LogP contribution >= 0.6 is 11.3 Å². The molecule has 2 N–H and O–H groups in total. The van der Waals surface area contributed by atoms with E-state index in [0.717, 1.165) is 34.8 Å². The van der Waals surface area contributed by atoms with Gasteiger partial charge in [0.15, 0.2) is 5.13 Å². The van der Waals surface area contributed by atoms with Gasteiger partial charge in [0.1, 0.15) is 0 Å². The van der Waals surface area contributed by atoms with Crippen LogP contribution in [0.5, 0.6) is 0 Å². The Morgan fingerprint density at radius 3 is 2.24 bits per heavy atom. The van der Waals surface area contributed by atoms with Crippen LogP contribution in [0.15, 0.2) is 53.9 Å². The van der Waals surface area contributed by atoms with Gasteiger partial charge >= 0.3 is 0 Å². The number of aryl methyl sites for hydroxylation is 1. The van der Waals surface area contributed by atoms with E-state index in [4.69, 9.17) is 0 Å². The molecule has 0 fully saturated rings. The molecule has 130 valence electrons. The van der Waals surface area contributed by atoms with Crippen LogP contribution in [0, 0.1) is 0 Å². The number of sulfonamides is 1. The fourth-order valence-corrected chi connectivity index (χ4v) is 3.64. The molecule has 1 aromatic heterocycles. The number of nitrogens with zero attached hydrogens (tertiary/aromatic N) is 1. The Bertz CT molecular complexity index is 947. The van der Waals surface area contributed by atoms with Crippen molar-refractivity contribution in [1.82, 2.24) is 4.98 Å². The van der Waals surface area contributed by atoms with Crippen molar-refractivity contribution in [3.8, 4) is 11.3 Å². The molecule has 0 saturated carbocycles. The summed E-state index contributed by atoms with van der Waals surface area (Å²) in [5.74, 6) is 0. The second-order valence-electron chi connectivity index (χ2n) is 5.66. The number of hydrogen-bond donors (Lipinski definition) is 2. The van der Waals surface area contributed by atoms with Crippen molar-refractivity contribution in [3.63, 3.8) is 0 Å². The minimum Gasteiger partial charge on any atom is -0.332 e. The van der Waals surface area contributed by atoms with Crippen LogP contribution in [0.1, 0.15) is 12.5 Å². The summed E-state index contributed by atoms with van der Waals surface area (Å²) >= 11 is 1.53. The Labute approximate surface area is 151 Å². The molecule has 0 bridgehead atoms. The van der Waals surface area contributed by atoms with Gasteiger partial charge in [-0.1, -0.05) is 31.2 Å². The summed E-state index contributed by atoms with van der Waals surface area (Å²) in [6.45, 7) is 2.13. The molecule has 2 aromatic carbocycles. The Morgan fingerprint density at radius 1 is 1.00 bits per heavy atom. The van der Waals surface area contributed by atoms with E-state index < -0.39 is 10.0 Å². The molecule has 0 saturated heterocycles. The highest BCUT2D eigenvalue weighted by Crippen LogP contribution is 2.28. The third-order valence-corrected chi connectivity index (χ3v) is 4.97. The maximum Gasteiger partial charge on any atom is 0.229 e. The van der Waals surface area contributed by atoms with Gasteiger partial charge in [-0.2, -0.15) is 0 Å². The average molecular weight is 374 g/mol. The van der Waals surface area contributed by atoms with Gasteiger partial charge in [-0.25, -0.2) is 13.4 Å². The molecule has 0 radical (unpaired) electrons. The Morgan fingerprint density at radius 2 is 1.64 bits per heavy atom. The lowest BCUT2D eigenvalue weighted by Crippen LogP contribution is -2.09. The second kappa shape index (κ2) is 7.25. The fourth-order valence-electron chi connectivity index (χ4n) is 2.33. The number of aromatic nitrogens is 1. The topological polar surface area (TPSA) is 71.1 Å².